The number of hydrogen-bond donors (Lipinski definition) is 2. The van der Waals surface area contributed by atoms with Gasteiger partial charge in [-0.1, -0.05) is 11.8 Å². The van der Waals surface area contributed by atoms with E-state index in [9.17, 15) is 22.7 Å². The van der Waals surface area contributed by atoms with Gasteiger partial charge in [0.15, 0.2) is 11.3 Å². The van der Waals surface area contributed by atoms with Crippen molar-refractivity contribution in [1.82, 2.24) is 5.32 Å². The lowest BCUT2D eigenvalue weighted by Gasteiger charge is -2.37. The molecule has 2 N–H and O–H groups in total. The molecule has 2 fully saturated rings. The highest BCUT2D eigenvalue weighted by Crippen LogP contribution is 2.38. The average Bonchev–Trinajstić information content (AvgIpc) is 2.67. The first-order chi connectivity index (χ1) is 8.31. The molecule has 5 atom stereocenters. The average molecular weight is 288 g/mol. The first-order valence-electron chi connectivity index (χ1n) is 5.26. The molecule has 0 aliphatic carbocycles. The zero-order valence-electron chi connectivity index (χ0n) is 9.32. The first kappa shape index (κ1) is 13.9. The van der Waals surface area contributed by atoms with Gasteiger partial charge in [0.1, 0.15) is 11.5 Å². The fourth-order valence-corrected chi connectivity index (χ4v) is 3.05. The van der Waals surface area contributed by atoms with Gasteiger partial charge in [0.25, 0.3) is 0 Å². The molecule has 9 heteroatoms. The number of aliphatic hydroxyl groups excluding tert-OH is 1. The van der Waals surface area contributed by atoms with Crippen molar-refractivity contribution < 1.29 is 27.4 Å². The lowest BCUT2D eigenvalue weighted by Crippen LogP contribution is -2.57. The number of hydrogen-bond acceptors (Lipinski definition) is 4. The molecule has 0 bridgehead atoms. The fraction of sp³-hybridized carbons (Fsp3) is 0.889. The Kier molecular flexibility index (Phi) is 3.75. The quantitative estimate of drug-likeness (QED) is 0.708. The Bertz CT molecular complexity index is 352. The van der Waals surface area contributed by atoms with Crippen LogP contribution in [-0.2, 0) is 4.74 Å². The van der Waals surface area contributed by atoms with Crippen LogP contribution in [0.5, 0.6) is 0 Å². The zero-order valence-corrected chi connectivity index (χ0v) is 10.1. The SMILES string of the molecule is CN=C1N[C@@H]2[C@H](F)[C@@H](O)[C@@H](CC(F)(F)F)O[C@@H]2S1. The van der Waals surface area contributed by atoms with E-state index in [0.29, 0.717) is 5.17 Å². The molecule has 18 heavy (non-hydrogen) atoms. The summed E-state index contributed by atoms with van der Waals surface area (Å²) in [6.07, 6.45) is -11.1. The van der Waals surface area contributed by atoms with E-state index in [0.717, 1.165) is 11.8 Å². The number of rotatable bonds is 1. The summed E-state index contributed by atoms with van der Waals surface area (Å²) in [5.74, 6) is 0. The molecule has 0 aromatic heterocycles. The molecule has 2 heterocycles. The Balaban J connectivity index is 2.10. The fourth-order valence-electron chi connectivity index (χ4n) is 1.95. The van der Waals surface area contributed by atoms with E-state index in [4.69, 9.17) is 4.74 Å². The van der Waals surface area contributed by atoms with Gasteiger partial charge in [-0.3, -0.25) is 4.99 Å². The van der Waals surface area contributed by atoms with Crippen molar-refractivity contribution >= 4 is 16.9 Å². The smallest absolute Gasteiger partial charge is 0.387 e. The van der Waals surface area contributed by atoms with Crippen LogP contribution >= 0.6 is 11.8 Å². The van der Waals surface area contributed by atoms with Crippen LogP contribution in [-0.4, -0.2) is 53.4 Å². The number of nitrogens with zero attached hydrogens (tertiary/aromatic N) is 1. The van der Waals surface area contributed by atoms with E-state index in [1.165, 1.54) is 7.05 Å². The number of thioether (sulfide) groups is 1. The van der Waals surface area contributed by atoms with E-state index in [2.05, 4.69) is 10.3 Å². The summed E-state index contributed by atoms with van der Waals surface area (Å²) >= 11 is 1.03. The number of amidine groups is 1. The lowest BCUT2D eigenvalue weighted by atomic mass is 9.97. The highest BCUT2D eigenvalue weighted by Gasteiger charge is 2.52. The van der Waals surface area contributed by atoms with Crippen molar-refractivity contribution in [2.24, 2.45) is 4.99 Å². The van der Waals surface area contributed by atoms with Crippen molar-refractivity contribution in [3.63, 3.8) is 0 Å². The van der Waals surface area contributed by atoms with Crippen LogP contribution in [0, 0.1) is 0 Å². The Labute approximate surface area is 105 Å². The van der Waals surface area contributed by atoms with Gasteiger partial charge >= 0.3 is 6.18 Å². The molecule has 0 amide bonds. The van der Waals surface area contributed by atoms with Crippen molar-refractivity contribution in [2.45, 2.75) is 42.5 Å². The molecule has 0 unspecified atom stereocenters. The minimum Gasteiger partial charge on any atom is -0.387 e. The normalized spacial score (nSPS) is 42.8. The zero-order chi connectivity index (χ0) is 13.5. The second kappa shape index (κ2) is 4.86. The Morgan fingerprint density at radius 1 is 1.50 bits per heavy atom. The summed E-state index contributed by atoms with van der Waals surface area (Å²) in [7, 11) is 1.48. The summed E-state index contributed by atoms with van der Waals surface area (Å²) in [6, 6.07) is -0.867. The van der Waals surface area contributed by atoms with Gasteiger partial charge in [0.05, 0.1) is 18.6 Å². The van der Waals surface area contributed by atoms with Crippen LogP contribution in [0.3, 0.4) is 0 Å². The minimum atomic E-state index is -4.50. The highest BCUT2D eigenvalue weighted by molar-refractivity contribution is 8.14. The topological polar surface area (TPSA) is 53.9 Å². The number of aliphatic imine (C=N–C) groups is 1. The van der Waals surface area contributed by atoms with Gasteiger partial charge in [0.2, 0.25) is 0 Å². The van der Waals surface area contributed by atoms with Gasteiger partial charge < -0.3 is 15.2 Å². The molecule has 2 saturated heterocycles. The van der Waals surface area contributed by atoms with Crippen LogP contribution in [0.1, 0.15) is 6.42 Å². The van der Waals surface area contributed by atoms with Crippen molar-refractivity contribution in [3.8, 4) is 0 Å². The van der Waals surface area contributed by atoms with E-state index >= 15 is 0 Å². The number of aliphatic hydroxyl groups is 1. The maximum absolute atomic E-state index is 13.8. The lowest BCUT2D eigenvalue weighted by molar-refractivity contribution is -0.202. The number of alkyl halides is 4. The summed E-state index contributed by atoms with van der Waals surface area (Å²) in [4.78, 5) is 3.79. The molecule has 0 saturated carbocycles. The highest BCUT2D eigenvalue weighted by atomic mass is 32.2. The molecule has 0 spiro atoms. The number of fused-ring (bicyclic) bond motifs is 1. The van der Waals surface area contributed by atoms with E-state index in [1.807, 2.05) is 0 Å². The van der Waals surface area contributed by atoms with Gasteiger partial charge in [-0.15, -0.1) is 0 Å². The molecule has 2 aliphatic heterocycles. The molecule has 0 aromatic rings. The van der Waals surface area contributed by atoms with Crippen molar-refractivity contribution in [1.29, 1.82) is 0 Å². The monoisotopic (exact) mass is 288 g/mol. The molecular weight excluding hydrogens is 276 g/mol. The third-order valence-corrected chi connectivity index (χ3v) is 3.97. The molecule has 2 rings (SSSR count). The third kappa shape index (κ3) is 2.72. The van der Waals surface area contributed by atoms with Crippen LogP contribution in [0.15, 0.2) is 4.99 Å². The Morgan fingerprint density at radius 2 is 2.17 bits per heavy atom. The number of nitrogens with one attached hydrogen (secondary N) is 1. The molecule has 2 aliphatic rings. The van der Waals surface area contributed by atoms with Crippen molar-refractivity contribution in [3.05, 3.63) is 0 Å². The molecule has 0 aromatic carbocycles. The molecule has 4 nitrogen and oxygen atoms in total. The maximum Gasteiger partial charge on any atom is 0.391 e. The summed E-state index contributed by atoms with van der Waals surface area (Å²) in [6.45, 7) is 0. The minimum absolute atomic E-state index is 0.396. The Hall–Kier alpha value is -0.540. The number of ether oxygens (including phenoxy) is 1. The van der Waals surface area contributed by atoms with Gasteiger partial charge in [-0.2, -0.15) is 13.2 Å². The summed E-state index contributed by atoms with van der Waals surface area (Å²) in [5, 5.41) is 12.6. The van der Waals surface area contributed by atoms with E-state index in [-0.39, 0.29) is 0 Å². The maximum atomic E-state index is 13.8. The van der Waals surface area contributed by atoms with Crippen molar-refractivity contribution in [2.75, 3.05) is 7.05 Å². The van der Waals surface area contributed by atoms with Gasteiger partial charge in [0, 0.05) is 7.05 Å². The van der Waals surface area contributed by atoms with Crippen LogP contribution in [0.4, 0.5) is 17.6 Å². The largest absolute Gasteiger partial charge is 0.391 e. The van der Waals surface area contributed by atoms with Crippen LogP contribution in [0.25, 0.3) is 0 Å². The molecule has 104 valence electrons. The predicted octanol–water partition coefficient (Wildman–Crippen LogP) is 1.05. The standard InChI is InChI=1S/C9H12F4N2O2S/c1-14-8-15-5-4(10)6(16)3(2-9(11,12)13)17-7(5)18-8/h3-7,16H,2H2,1H3,(H,14,15)/t3-,4+,5-,6+,7-/m1/s1. The van der Waals surface area contributed by atoms with E-state index < -0.39 is 42.5 Å². The Morgan fingerprint density at radius 3 is 2.72 bits per heavy atom. The van der Waals surface area contributed by atoms with Crippen LogP contribution < -0.4 is 5.32 Å². The molecule has 0 radical (unpaired) electrons. The summed E-state index contributed by atoms with van der Waals surface area (Å²) < 4.78 is 55.8. The summed E-state index contributed by atoms with van der Waals surface area (Å²) in [5.41, 5.74) is -0.797. The van der Waals surface area contributed by atoms with Gasteiger partial charge in [-0.25, -0.2) is 4.39 Å². The second-order valence-electron chi connectivity index (χ2n) is 4.11. The second-order valence-corrected chi connectivity index (χ2v) is 5.20. The third-order valence-electron chi connectivity index (χ3n) is 2.81. The van der Waals surface area contributed by atoms with Gasteiger partial charge in [-0.05, 0) is 0 Å². The van der Waals surface area contributed by atoms with E-state index in [1.54, 1.807) is 0 Å². The predicted molar refractivity (Wildman–Crippen MR) is 58.1 cm³/mol. The van der Waals surface area contributed by atoms with Crippen LogP contribution in [0.2, 0.25) is 0 Å². The molecular formula is C9H12F4N2O2S. The number of halogens is 4. The first-order valence-corrected chi connectivity index (χ1v) is 6.14.